The Morgan fingerprint density at radius 3 is 2.84 bits per heavy atom. The molecule has 162 valence electrons. The van der Waals surface area contributed by atoms with E-state index >= 15 is 0 Å². The second kappa shape index (κ2) is 8.04. The van der Waals surface area contributed by atoms with Crippen molar-refractivity contribution in [2.75, 3.05) is 47.5 Å². The Morgan fingerprint density at radius 1 is 1.45 bits per heavy atom. The molecule has 5 N–H and O–H groups in total. The highest BCUT2D eigenvalue weighted by molar-refractivity contribution is 6.12. The molecule has 1 atom stereocenters. The van der Waals surface area contributed by atoms with Gasteiger partial charge in [-0.3, -0.25) is 14.6 Å². The Labute approximate surface area is 181 Å². The van der Waals surface area contributed by atoms with E-state index in [1.165, 1.54) is 0 Å². The first-order valence-corrected chi connectivity index (χ1v) is 10.5. The lowest BCUT2D eigenvalue weighted by Gasteiger charge is -2.22. The normalized spacial score (nSPS) is 17.8. The standard InChI is InChI=1S/C22H27N7O2/c1-4-28(10-12(2)3)21-15(9-23)17-14-8-16(30)29(11-13-6-5-7-31-13)22(14)27-20(25)18(17)19(24)26-21/h13H,2,4-8,10-11H2,1,3H3,(H2,24,26)(H2,25,27)/p+1/t13-/m0/s1. The van der Waals surface area contributed by atoms with Gasteiger partial charge in [-0.1, -0.05) is 6.58 Å². The SMILES string of the molecule is C=C(C)CN(CC)c1[nH+]c(N)c2c(N)nc3c(c2c1C#N)CC(=O)N3C[C@@H]1CCCO1. The number of hydrogen-bond acceptors (Lipinski definition) is 7. The molecule has 0 unspecified atom stereocenters. The fraction of sp³-hybridized carbons (Fsp3) is 0.455. The summed E-state index contributed by atoms with van der Waals surface area (Å²) >= 11 is 0. The van der Waals surface area contributed by atoms with E-state index in [1.54, 1.807) is 4.90 Å². The monoisotopic (exact) mass is 422 g/mol. The minimum atomic E-state index is -0.0731. The van der Waals surface area contributed by atoms with Crippen molar-refractivity contribution >= 4 is 40.0 Å². The van der Waals surface area contributed by atoms with Gasteiger partial charge in [0.05, 0.1) is 37.5 Å². The molecule has 0 spiro atoms. The van der Waals surface area contributed by atoms with Gasteiger partial charge >= 0.3 is 0 Å². The van der Waals surface area contributed by atoms with Gasteiger partial charge in [0.25, 0.3) is 0 Å². The predicted molar refractivity (Wildman–Crippen MR) is 120 cm³/mol. The van der Waals surface area contributed by atoms with E-state index < -0.39 is 0 Å². The smallest absolute Gasteiger partial charge is 0.240 e. The number of aromatic nitrogens is 2. The van der Waals surface area contributed by atoms with Crippen LogP contribution in [-0.4, -0.2) is 43.2 Å². The molecule has 0 aliphatic carbocycles. The van der Waals surface area contributed by atoms with Crippen LogP contribution in [0.15, 0.2) is 12.2 Å². The first-order valence-electron chi connectivity index (χ1n) is 10.5. The van der Waals surface area contributed by atoms with Gasteiger partial charge in [-0.2, -0.15) is 5.26 Å². The van der Waals surface area contributed by atoms with Crippen LogP contribution in [0.2, 0.25) is 0 Å². The van der Waals surface area contributed by atoms with Crippen LogP contribution in [0.4, 0.5) is 23.3 Å². The Morgan fingerprint density at radius 2 is 2.23 bits per heavy atom. The zero-order chi connectivity index (χ0) is 22.3. The topological polar surface area (TPSA) is 136 Å². The summed E-state index contributed by atoms with van der Waals surface area (Å²) in [5.41, 5.74) is 14.7. The Hall–Kier alpha value is -3.38. The molecule has 9 nitrogen and oxygen atoms in total. The number of carbonyl (C=O) groups excluding carboxylic acids is 1. The molecule has 4 rings (SSSR count). The van der Waals surface area contributed by atoms with E-state index in [-0.39, 0.29) is 24.2 Å². The van der Waals surface area contributed by atoms with Crippen LogP contribution < -0.4 is 26.3 Å². The van der Waals surface area contributed by atoms with Crippen molar-refractivity contribution in [2.45, 2.75) is 39.2 Å². The first kappa shape index (κ1) is 20.9. The molecule has 2 aromatic rings. The number of pyridine rings is 2. The van der Waals surface area contributed by atoms with Gasteiger partial charge in [0.15, 0.2) is 0 Å². The number of likely N-dealkylation sites (N-methyl/N-ethyl adjacent to an activating group) is 1. The molecule has 9 heteroatoms. The third kappa shape index (κ3) is 3.53. The summed E-state index contributed by atoms with van der Waals surface area (Å²) < 4.78 is 5.72. The Kier molecular flexibility index (Phi) is 5.41. The van der Waals surface area contributed by atoms with Gasteiger partial charge in [-0.05, 0) is 32.3 Å². The molecule has 2 aliphatic heterocycles. The van der Waals surface area contributed by atoms with Gasteiger partial charge in [0.1, 0.15) is 23.3 Å². The van der Waals surface area contributed by atoms with E-state index in [2.05, 4.69) is 22.6 Å². The fourth-order valence-electron chi connectivity index (χ4n) is 4.50. The van der Waals surface area contributed by atoms with Gasteiger partial charge in [-0.25, -0.2) is 9.97 Å². The van der Waals surface area contributed by atoms with Gasteiger partial charge < -0.3 is 16.2 Å². The summed E-state index contributed by atoms with van der Waals surface area (Å²) in [4.78, 5) is 24.2. The minimum Gasteiger partial charge on any atom is -0.383 e. The molecule has 1 fully saturated rings. The van der Waals surface area contributed by atoms with Gasteiger partial charge in [-0.15, -0.1) is 0 Å². The molecule has 4 heterocycles. The van der Waals surface area contributed by atoms with Crippen LogP contribution in [0.5, 0.6) is 0 Å². The lowest BCUT2D eigenvalue weighted by Crippen LogP contribution is -2.35. The lowest BCUT2D eigenvalue weighted by atomic mass is 10.0. The molecule has 0 bridgehead atoms. The quantitative estimate of drug-likeness (QED) is 0.674. The van der Waals surface area contributed by atoms with Crippen molar-refractivity contribution in [2.24, 2.45) is 0 Å². The van der Waals surface area contributed by atoms with Crippen molar-refractivity contribution in [3.63, 3.8) is 0 Å². The number of ether oxygens (including phenoxy) is 1. The number of nitrogens with one attached hydrogen (secondary N) is 1. The second-order valence-corrected chi connectivity index (χ2v) is 8.21. The number of aromatic amines is 1. The maximum atomic E-state index is 12.9. The van der Waals surface area contributed by atoms with E-state index in [4.69, 9.17) is 16.2 Å². The summed E-state index contributed by atoms with van der Waals surface area (Å²) in [7, 11) is 0. The third-order valence-corrected chi connectivity index (χ3v) is 5.88. The predicted octanol–water partition coefficient (Wildman–Crippen LogP) is 1.56. The number of nitrogens with zero attached hydrogens (tertiary/aromatic N) is 4. The maximum Gasteiger partial charge on any atom is 0.240 e. The van der Waals surface area contributed by atoms with E-state index in [0.29, 0.717) is 65.6 Å². The zero-order valence-electron chi connectivity index (χ0n) is 18.0. The van der Waals surface area contributed by atoms with Crippen LogP contribution in [0.3, 0.4) is 0 Å². The number of carbonyl (C=O) groups is 1. The summed E-state index contributed by atoms with van der Waals surface area (Å²) in [5, 5.41) is 11.2. The molecular formula is C22H28N7O2+. The molecule has 31 heavy (non-hydrogen) atoms. The largest absolute Gasteiger partial charge is 0.383 e. The number of amides is 1. The maximum absolute atomic E-state index is 12.9. The van der Waals surface area contributed by atoms with Crippen LogP contribution in [-0.2, 0) is 16.0 Å². The van der Waals surface area contributed by atoms with Crippen LogP contribution in [0.1, 0.15) is 37.8 Å². The zero-order valence-corrected chi connectivity index (χ0v) is 18.0. The molecule has 0 radical (unpaired) electrons. The molecular weight excluding hydrogens is 394 g/mol. The number of hydrogen-bond donors (Lipinski definition) is 2. The number of nitrogen functional groups attached to an aromatic ring is 2. The van der Waals surface area contributed by atoms with Crippen molar-refractivity contribution < 1.29 is 14.5 Å². The van der Waals surface area contributed by atoms with Gasteiger partial charge in [0.2, 0.25) is 17.5 Å². The molecule has 1 amide bonds. The van der Waals surface area contributed by atoms with Crippen molar-refractivity contribution in [1.29, 1.82) is 5.26 Å². The number of nitriles is 1. The second-order valence-electron chi connectivity index (χ2n) is 8.21. The molecule has 0 saturated carbocycles. The average Bonchev–Trinajstić information content (AvgIpc) is 3.34. The van der Waals surface area contributed by atoms with Gasteiger partial charge in [0, 0.05) is 17.6 Å². The van der Waals surface area contributed by atoms with Crippen LogP contribution in [0, 0.1) is 11.3 Å². The highest BCUT2D eigenvalue weighted by Gasteiger charge is 2.36. The van der Waals surface area contributed by atoms with Crippen molar-refractivity contribution in [3.8, 4) is 6.07 Å². The Bertz CT molecular complexity index is 1120. The van der Waals surface area contributed by atoms with Crippen molar-refractivity contribution in [3.05, 3.63) is 23.3 Å². The molecule has 2 aliphatic rings. The van der Waals surface area contributed by atoms with E-state index in [9.17, 15) is 10.1 Å². The van der Waals surface area contributed by atoms with E-state index in [1.807, 2.05) is 18.7 Å². The fourth-order valence-corrected chi connectivity index (χ4v) is 4.50. The van der Waals surface area contributed by atoms with Crippen LogP contribution >= 0.6 is 0 Å². The highest BCUT2D eigenvalue weighted by atomic mass is 16.5. The summed E-state index contributed by atoms with van der Waals surface area (Å²) in [5.74, 6) is 1.54. The summed E-state index contributed by atoms with van der Waals surface area (Å²) in [6.45, 7) is 10.3. The first-order chi connectivity index (χ1) is 14.8. The van der Waals surface area contributed by atoms with Crippen LogP contribution in [0.25, 0.3) is 10.8 Å². The summed E-state index contributed by atoms with van der Waals surface area (Å²) in [6, 6.07) is 2.32. The number of rotatable bonds is 6. The minimum absolute atomic E-state index is 0.0139. The molecule has 2 aromatic heterocycles. The number of nitrogens with two attached hydrogens (primary N) is 2. The van der Waals surface area contributed by atoms with E-state index in [0.717, 1.165) is 18.4 Å². The van der Waals surface area contributed by atoms with Crippen molar-refractivity contribution in [1.82, 2.24) is 4.98 Å². The number of fused-ring (bicyclic) bond motifs is 3. The molecule has 1 saturated heterocycles. The Balaban J connectivity index is 1.93. The average molecular weight is 423 g/mol. The third-order valence-electron chi connectivity index (χ3n) is 5.88. The summed E-state index contributed by atoms with van der Waals surface area (Å²) in [6.07, 6.45) is 2.02. The molecule has 0 aromatic carbocycles. The lowest BCUT2D eigenvalue weighted by molar-refractivity contribution is -0.344. The number of anilines is 4. The number of H-pyrrole nitrogens is 1. The highest BCUT2D eigenvalue weighted by Crippen LogP contribution is 2.41.